The molecule has 3 aromatic carbocycles. The molecule has 9 heteroatoms. The summed E-state index contributed by atoms with van der Waals surface area (Å²) >= 11 is 0. The number of carbonyl (C=O) groups excluding carboxylic acids is 2. The molecule has 0 radical (unpaired) electrons. The minimum absolute atomic E-state index is 0.0692. The van der Waals surface area contributed by atoms with E-state index >= 15 is 0 Å². The Bertz CT molecular complexity index is 1440. The molecule has 1 unspecified atom stereocenters. The maximum atomic E-state index is 13.1. The first kappa shape index (κ1) is 26.2. The molecule has 200 valence electrons. The van der Waals surface area contributed by atoms with Crippen molar-refractivity contribution in [3.05, 3.63) is 107 Å². The van der Waals surface area contributed by atoms with Crippen LogP contribution in [0.2, 0.25) is 0 Å². The van der Waals surface area contributed by atoms with Gasteiger partial charge < -0.3 is 20.5 Å². The van der Waals surface area contributed by atoms with Gasteiger partial charge in [0.15, 0.2) is 0 Å². The van der Waals surface area contributed by atoms with E-state index in [1.165, 1.54) is 24.3 Å². The van der Waals surface area contributed by atoms with Crippen molar-refractivity contribution in [2.75, 3.05) is 10.6 Å². The predicted octanol–water partition coefficient (Wildman–Crippen LogP) is 5.73. The maximum Gasteiger partial charge on any atom is 0.416 e. The third-order valence-corrected chi connectivity index (χ3v) is 6.42. The fourth-order valence-electron chi connectivity index (χ4n) is 4.24. The van der Waals surface area contributed by atoms with E-state index < -0.39 is 29.7 Å². The van der Waals surface area contributed by atoms with Gasteiger partial charge in [0.1, 0.15) is 11.9 Å². The summed E-state index contributed by atoms with van der Waals surface area (Å²) in [6.45, 7) is 0. The summed E-state index contributed by atoms with van der Waals surface area (Å²) in [5.74, 6) is -0.236. The molecule has 3 N–H and O–H groups in total. The van der Waals surface area contributed by atoms with Crippen molar-refractivity contribution in [2.24, 2.45) is 0 Å². The molecule has 1 aliphatic heterocycles. The summed E-state index contributed by atoms with van der Waals surface area (Å²) in [5, 5.41) is 15.3. The molecule has 1 aliphatic carbocycles. The number of hydrogen-bond acceptors (Lipinski definition) is 4. The van der Waals surface area contributed by atoms with E-state index in [1.54, 1.807) is 24.3 Å². The number of carbonyl (C=O) groups is 2. The van der Waals surface area contributed by atoms with Crippen LogP contribution in [-0.2, 0) is 22.2 Å². The van der Waals surface area contributed by atoms with Gasteiger partial charge in [-0.05, 0) is 65.9 Å². The first-order chi connectivity index (χ1) is 18.7. The smallest absolute Gasteiger partial charge is 0.416 e. The van der Waals surface area contributed by atoms with Crippen LogP contribution in [0, 0.1) is 0 Å². The van der Waals surface area contributed by atoms with Crippen molar-refractivity contribution in [1.82, 2.24) is 0 Å². The Labute approximate surface area is 222 Å². The number of anilines is 2. The lowest BCUT2D eigenvalue weighted by molar-refractivity contribution is -0.137. The number of allylic oxidation sites excluding steroid dienone is 2. The highest BCUT2D eigenvalue weighted by Crippen LogP contribution is 2.33. The molecule has 5 rings (SSSR count). The number of aliphatic hydroxyl groups is 1. The van der Waals surface area contributed by atoms with E-state index in [0.717, 1.165) is 36.3 Å². The predicted molar refractivity (Wildman–Crippen MR) is 141 cm³/mol. The Balaban J connectivity index is 1.38. The standard InChI is InChI=1S/C30H25F3N2O4/c31-30(32,33)20-11-7-18(8-12-20)23(19-9-13-21(14-10-19)39-22-15-16-22)3-1-6-28(37)34-25-4-2-5-26-24(25)17-27(36)29(38)35-26/h1-14,22,27,36H,15-17H2,(H,34,37)(H,35,38)/b6-1+,23-3-. The highest BCUT2D eigenvalue weighted by Gasteiger charge is 2.30. The van der Waals surface area contributed by atoms with Crippen LogP contribution in [0.1, 0.15) is 35.1 Å². The molecule has 1 fully saturated rings. The van der Waals surface area contributed by atoms with Crippen LogP contribution in [0.25, 0.3) is 5.57 Å². The topological polar surface area (TPSA) is 87.7 Å². The number of hydrogen-bond donors (Lipinski definition) is 3. The van der Waals surface area contributed by atoms with Gasteiger partial charge in [-0.2, -0.15) is 13.2 Å². The first-order valence-corrected chi connectivity index (χ1v) is 12.4. The van der Waals surface area contributed by atoms with E-state index in [1.807, 2.05) is 24.3 Å². The number of fused-ring (bicyclic) bond motifs is 1. The van der Waals surface area contributed by atoms with Gasteiger partial charge in [-0.15, -0.1) is 0 Å². The molecule has 0 saturated heterocycles. The van der Waals surface area contributed by atoms with E-state index in [0.29, 0.717) is 28.1 Å². The molecule has 39 heavy (non-hydrogen) atoms. The second-order valence-electron chi connectivity index (χ2n) is 9.39. The van der Waals surface area contributed by atoms with Crippen molar-refractivity contribution in [1.29, 1.82) is 0 Å². The highest BCUT2D eigenvalue weighted by molar-refractivity contribution is 6.03. The Hall–Kier alpha value is -4.37. The summed E-state index contributed by atoms with van der Waals surface area (Å²) in [4.78, 5) is 24.4. The van der Waals surface area contributed by atoms with Gasteiger partial charge in [-0.1, -0.05) is 42.5 Å². The van der Waals surface area contributed by atoms with Crippen LogP contribution in [0.15, 0.2) is 85.0 Å². The minimum atomic E-state index is -4.45. The molecule has 0 aromatic heterocycles. The van der Waals surface area contributed by atoms with E-state index in [9.17, 15) is 27.9 Å². The van der Waals surface area contributed by atoms with Crippen molar-refractivity contribution >= 4 is 28.8 Å². The number of amides is 2. The quantitative estimate of drug-likeness (QED) is 0.267. The molecule has 3 aromatic rings. The summed E-state index contributed by atoms with van der Waals surface area (Å²) in [6.07, 6.45) is 1.16. The third-order valence-electron chi connectivity index (χ3n) is 6.42. The summed E-state index contributed by atoms with van der Waals surface area (Å²) in [6, 6.07) is 17.1. The van der Waals surface area contributed by atoms with Crippen LogP contribution in [0.5, 0.6) is 5.75 Å². The number of alkyl halides is 3. The third kappa shape index (κ3) is 6.38. The van der Waals surface area contributed by atoms with Gasteiger partial charge in [0.25, 0.3) is 5.91 Å². The highest BCUT2D eigenvalue weighted by atomic mass is 19.4. The zero-order valence-electron chi connectivity index (χ0n) is 20.7. The number of halogens is 3. The second kappa shape index (κ2) is 10.8. The lowest BCUT2D eigenvalue weighted by Crippen LogP contribution is -2.34. The lowest BCUT2D eigenvalue weighted by Gasteiger charge is -2.23. The molecule has 0 bridgehead atoms. The van der Waals surface area contributed by atoms with Crippen LogP contribution < -0.4 is 15.4 Å². The summed E-state index contributed by atoms with van der Waals surface area (Å²) in [5.41, 5.74) is 2.75. The van der Waals surface area contributed by atoms with Gasteiger partial charge in [-0.3, -0.25) is 9.59 Å². The average molecular weight is 535 g/mol. The van der Waals surface area contributed by atoms with Crippen molar-refractivity contribution in [2.45, 2.75) is 37.6 Å². The number of ether oxygens (including phenoxy) is 1. The molecule has 0 spiro atoms. The molecule has 6 nitrogen and oxygen atoms in total. The Morgan fingerprint density at radius 3 is 2.31 bits per heavy atom. The monoisotopic (exact) mass is 534 g/mol. The fraction of sp³-hybridized carbons (Fsp3) is 0.200. The number of rotatable bonds is 7. The molecule has 2 aliphatic rings. The molecule has 2 amide bonds. The largest absolute Gasteiger partial charge is 0.490 e. The molecular weight excluding hydrogens is 509 g/mol. The number of nitrogens with one attached hydrogen (secondary N) is 2. The van der Waals surface area contributed by atoms with Gasteiger partial charge in [-0.25, -0.2) is 0 Å². The summed E-state index contributed by atoms with van der Waals surface area (Å²) < 4.78 is 45.1. The normalized spacial score (nSPS) is 17.5. The fourth-order valence-corrected chi connectivity index (χ4v) is 4.24. The zero-order chi connectivity index (χ0) is 27.6. The van der Waals surface area contributed by atoms with Crippen molar-refractivity contribution in [3.63, 3.8) is 0 Å². The molecule has 1 atom stereocenters. The lowest BCUT2D eigenvalue weighted by atomic mass is 9.96. The SMILES string of the molecule is O=C(/C=C/C=C(\c1ccc(OC2CC2)cc1)c1ccc(C(F)(F)F)cc1)Nc1cccc2c1CC(O)C(=O)N2. The Morgan fingerprint density at radius 2 is 1.67 bits per heavy atom. The molecular formula is C30H25F3N2O4. The van der Waals surface area contributed by atoms with Crippen molar-refractivity contribution in [3.8, 4) is 5.75 Å². The van der Waals surface area contributed by atoms with Crippen LogP contribution in [0.3, 0.4) is 0 Å². The van der Waals surface area contributed by atoms with Crippen LogP contribution in [-0.4, -0.2) is 29.1 Å². The second-order valence-corrected chi connectivity index (χ2v) is 9.39. The zero-order valence-corrected chi connectivity index (χ0v) is 20.7. The minimum Gasteiger partial charge on any atom is -0.490 e. The molecule has 1 heterocycles. The van der Waals surface area contributed by atoms with Gasteiger partial charge in [0.05, 0.1) is 11.7 Å². The van der Waals surface area contributed by atoms with Crippen LogP contribution >= 0.6 is 0 Å². The summed E-state index contributed by atoms with van der Waals surface area (Å²) in [7, 11) is 0. The first-order valence-electron chi connectivity index (χ1n) is 12.4. The van der Waals surface area contributed by atoms with Gasteiger partial charge >= 0.3 is 6.18 Å². The van der Waals surface area contributed by atoms with E-state index in [2.05, 4.69) is 10.6 Å². The van der Waals surface area contributed by atoms with Crippen LogP contribution in [0.4, 0.5) is 24.5 Å². The number of aliphatic hydroxyl groups excluding tert-OH is 1. The van der Waals surface area contributed by atoms with E-state index in [-0.39, 0.29) is 12.5 Å². The van der Waals surface area contributed by atoms with Crippen molar-refractivity contribution < 1.29 is 32.6 Å². The van der Waals surface area contributed by atoms with Gasteiger partial charge in [0, 0.05) is 29.4 Å². The number of benzene rings is 3. The maximum absolute atomic E-state index is 13.1. The molecule has 1 saturated carbocycles. The van der Waals surface area contributed by atoms with E-state index in [4.69, 9.17) is 4.74 Å². The van der Waals surface area contributed by atoms with Gasteiger partial charge in [0.2, 0.25) is 5.91 Å². The Kier molecular flexibility index (Phi) is 7.26. The Morgan fingerprint density at radius 1 is 1.00 bits per heavy atom. The average Bonchev–Trinajstić information content (AvgIpc) is 3.72.